The number of esters is 2. The number of unbranched alkanes of at least 4 members (excludes halogenated alkanes) is 9. The maximum absolute atomic E-state index is 12.7. The summed E-state index contributed by atoms with van der Waals surface area (Å²) in [6, 6.07) is 0. The van der Waals surface area contributed by atoms with Crippen LogP contribution in [0.15, 0.2) is 85.1 Å². The Hall–Kier alpha value is -2.85. The number of nitrogens with zero attached hydrogens (tertiary/aromatic N) is 1. The Bertz CT molecular complexity index is 1260. The van der Waals surface area contributed by atoms with Gasteiger partial charge in [0.05, 0.1) is 33.9 Å². The summed E-state index contributed by atoms with van der Waals surface area (Å²) in [4.78, 5) is 35.3. The number of allylic oxidation sites excluding steroid dienone is 12. The van der Waals surface area contributed by atoms with E-state index in [9.17, 15) is 24.2 Å². The number of hydrogen-bond acceptors (Lipinski definition) is 8. The quantitative estimate of drug-likeness (QED) is 0.0157. The Morgan fingerprint density at radius 2 is 1.23 bits per heavy atom. The number of phosphoric acid groups is 1. The van der Waals surface area contributed by atoms with E-state index in [1.54, 1.807) is 6.08 Å². The fourth-order valence-electron chi connectivity index (χ4n) is 5.10. The lowest BCUT2D eigenvalue weighted by Gasteiger charge is -2.24. The number of rotatable bonds is 37. The summed E-state index contributed by atoms with van der Waals surface area (Å²) in [6.45, 7) is 4.04. The Labute approximate surface area is 346 Å². The highest BCUT2D eigenvalue weighted by Crippen LogP contribution is 2.43. The fourth-order valence-corrected chi connectivity index (χ4v) is 5.84. The van der Waals surface area contributed by atoms with Crippen LogP contribution in [0.5, 0.6) is 0 Å². The molecular formula is C46H79NO9P+. The second-order valence-corrected chi connectivity index (χ2v) is 16.6. The molecule has 0 fully saturated rings. The zero-order valence-electron chi connectivity index (χ0n) is 36.1. The van der Waals surface area contributed by atoms with Crippen LogP contribution in [-0.4, -0.2) is 86.1 Å². The molecule has 0 aliphatic heterocycles. The first kappa shape index (κ1) is 54.2. The third kappa shape index (κ3) is 41.1. The topological polar surface area (TPSA) is 129 Å². The van der Waals surface area contributed by atoms with Gasteiger partial charge in [-0.05, 0) is 77.0 Å². The Kier molecular flexibility index (Phi) is 35.6. The normalized spacial score (nSPS) is 15.0. The third-order valence-electron chi connectivity index (χ3n) is 8.49. The molecule has 326 valence electrons. The first-order valence-electron chi connectivity index (χ1n) is 21.4. The lowest BCUT2D eigenvalue weighted by molar-refractivity contribution is -0.870. The van der Waals surface area contributed by atoms with Crippen LogP contribution in [0.3, 0.4) is 0 Å². The number of aliphatic hydroxyl groups excluding tert-OH is 1. The van der Waals surface area contributed by atoms with Gasteiger partial charge in [0.2, 0.25) is 0 Å². The summed E-state index contributed by atoms with van der Waals surface area (Å²) in [5.74, 6) is -0.928. The molecular weight excluding hydrogens is 741 g/mol. The Morgan fingerprint density at radius 3 is 1.88 bits per heavy atom. The minimum Gasteiger partial charge on any atom is -0.462 e. The molecule has 0 aromatic rings. The van der Waals surface area contributed by atoms with Crippen LogP contribution in [0.25, 0.3) is 0 Å². The van der Waals surface area contributed by atoms with Gasteiger partial charge < -0.3 is 24.0 Å². The van der Waals surface area contributed by atoms with Gasteiger partial charge in [-0.2, -0.15) is 0 Å². The van der Waals surface area contributed by atoms with E-state index in [2.05, 4.69) is 62.5 Å². The molecule has 0 aromatic carbocycles. The van der Waals surface area contributed by atoms with Gasteiger partial charge in [-0.25, -0.2) is 4.57 Å². The molecule has 0 amide bonds. The van der Waals surface area contributed by atoms with Gasteiger partial charge >= 0.3 is 19.8 Å². The third-order valence-corrected chi connectivity index (χ3v) is 9.47. The molecule has 0 bridgehead atoms. The van der Waals surface area contributed by atoms with Gasteiger partial charge in [0, 0.05) is 12.8 Å². The largest absolute Gasteiger partial charge is 0.472 e. The van der Waals surface area contributed by atoms with E-state index in [4.69, 9.17) is 18.5 Å². The molecule has 0 saturated heterocycles. The highest BCUT2D eigenvalue weighted by atomic mass is 31.2. The van der Waals surface area contributed by atoms with E-state index in [0.717, 1.165) is 64.2 Å². The molecule has 3 atom stereocenters. The van der Waals surface area contributed by atoms with Gasteiger partial charge in [0.25, 0.3) is 0 Å². The average Bonchev–Trinajstić information content (AvgIpc) is 3.15. The molecule has 0 aliphatic rings. The van der Waals surface area contributed by atoms with Crippen LogP contribution in [-0.2, 0) is 32.7 Å². The van der Waals surface area contributed by atoms with E-state index < -0.39 is 38.6 Å². The van der Waals surface area contributed by atoms with Crippen LogP contribution in [0.2, 0.25) is 0 Å². The molecule has 57 heavy (non-hydrogen) atoms. The number of phosphoric ester groups is 1. The van der Waals surface area contributed by atoms with Crippen LogP contribution >= 0.6 is 7.82 Å². The van der Waals surface area contributed by atoms with Crippen molar-refractivity contribution in [1.82, 2.24) is 0 Å². The van der Waals surface area contributed by atoms with Crippen LogP contribution < -0.4 is 0 Å². The standard InChI is InChI=1S/C46H78NO9P/c1-6-8-10-11-12-13-14-15-16-17-18-19-20-23-27-30-34-38-46(50)56-44(42-55-57(51,52)54-40-39-47(3,4)5)41-53-45(49)37-33-29-26-24-21-22-25-28-32-36-43(48)35-31-9-7-2/h9,12-13,15-16,18-19,23,25,27-28,31-32,36,43-44,48H,6-8,10-11,14,17,20-22,24,26,29-30,33-35,37-42H2,1-5H3/p+1/b13-12-,16-15-,19-18-,27-23-,28-25+,31-9+,36-32+/t43?,44-/m1/s1. The molecule has 0 radical (unpaired) electrons. The number of likely N-dealkylation sites (N-methyl/N-ethyl adjacent to an activating group) is 1. The molecule has 0 heterocycles. The van der Waals surface area contributed by atoms with Crippen LogP contribution in [0.4, 0.5) is 0 Å². The number of aliphatic hydroxyl groups is 1. The molecule has 2 unspecified atom stereocenters. The molecule has 0 rings (SSSR count). The smallest absolute Gasteiger partial charge is 0.462 e. The highest BCUT2D eigenvalue weighted by molar-refractivity contribution is 7.47. The van der Waals surface area contributed by atoms with Crippen molar-refractivity contribution in [2.75, 3.05) is 47.5 Å². The van der Waals surface area contributed by atoms with Crippen molar-refractivity contribution < 1.29 is 47.2 Å². The molecule has 2 N–H and O–H groups in total. The SMILES string of the molecule is CC/C=C/CC(O)/C=C/C=C/CCCCCCCC(=O)OC[C@H](COP(=O)(O)OCC[N+](C)(C)C)OC(=O)CCC/C=C\C/C=C\C/C=C\C/C=C\CCCCC. The van der Waals surface area contributed by atoms with E-state index in [0.29, 0.717) is 36.7 Å². The van der Waals surface area contributed by atoms with Gasteiger partial charge in [0.1, 0.15) is 19.8 Å². The van der Waals surface area contributed by atoms with Crippen LogP contribution in [0.1, 0.15) is 136 Å². The fraction of sp³-hybridized carbons (Fsp3) is 0.652. The first-order valence-corrected chi connectivity index (χ1v) is 22.9. The summed E-state index contributed by atoms with van der Waals surface area (Å²) in [7, 11) is 1.38. The Morgan fingerprint density at radius 1 is 0.649 bits per heavy atom. The predicted octanol–water partition coefficient (Wildman–Crippen LogP) is 11.0. The van der Waals surface area contributed by atoms with Crippen molar-refractivity contribution in [3.8, 4) is 0 Å². The zero-order chi connectivity index (χ0) is 42.3. The molecule has 0 spiro atoms. The van der Waals surface area contributed by atoms with Crippen molar-refractivity contribution >= 4 is 19.8 Å². The Balaban J connectivity index is 4.56. The number of quaternary nitrogens is 1. The van der Waals surface area contributed by atoms with Crippen molar-refractivity contribution in [2.45, 2.75) is 148 Å². The summed E-state index contributed by atoms with van der Waals surface area (Å²) < 4.78 is 34.1. The summed E-state index contributed by atoms with van der Waals surface area (Å²) in [5, 5.41) is 9.88. The van der Waals surface area contributed by atoms with E-state index in [1.807, 2.05) is 51.5 Å². The van der Waals surface area contributed by atoms with Gasteiger partial charge in [-0.3, -0.25) is 18.6 Å². The zero-order valence-corrected chi connectivity index (χ0v) is 37.0. The van der Waals surface area contributed by atoms with Crippen molar-refractivity contribution in [1.29, 1.82) is 0 Å². The minimum absolute atomic E-state index is 0.00464. The van der Waals surface area contributed by atoms with Crippen molar-refractivity contribution in [2.24, 2.45) is 0 Å². The second-order valence-electron chi connectivity index (χ2n) is 15.2. The molecule has 11 heteroatoms. The number of hydrogen-bond donors (Lipinski definition) is 2. The maximum Gasteiger partial charge on any atom is 0.472 e. The summed E-state index contributed by atoms with van der Waals surface area (Å²) >= 11 is 0. The summed E-state index contributed by atoms with van der Waals surface area (Å²) in [5.41, 5.74) is 0. The maximum atomic E-state index is 12.7. The number of carbonyl (C=O) groups is 2. The molecule has 10 nitrogen and oxygen atoms in total. The first-order chi connectivity index (χ1) is 27.4. The number of carbonyl (C=O) groups excluding carboxylic acids is 2. The molecule has 0 saturated carbocycles. The highest BCUT2D eigenvalue weighted by Gasteiger charge is 2.27. The number of ether oxygens (including phenoxy) is 2. The van der Waals surface area contributed by atoms with E-state index in [-0.39, 0.29) is 26.1 Å². The van der Waals surface area contributed by atoms with Gasteiger partial charge in [-0.1, -0.05) is 131 Å². The lowest BCUT2D eigenvalue weighted by Crippen LogP contribution is -2.37. The van der Waals surface area contributed by atoms with E-state index in [1.165, 1.54) is 19.3 Å². The predicted molar refractivity (Wildman–Crippen MR) is 235 cm³/mol. The molecule has 0 aromatic heterocycles. The minimum atomic E-state index is -4.41. The van der Waals surface area contributed by atoms with Gasteiger partial charge in [0.15, 0.2) is 6.10 Å². The lowest BCUT2D eigenvalue weighted by atomic mass is 10.1. The summed E-state index contributed by atoms with van der Waals surface area (Å²) in [6.07, 6.45) is 44.0. The van der Waals surface area contributed by atoms with E-state index >= 15 is 0 Å². The van der Waals surface area contributed by atoms with Crippen molar-refractivity contribution in [3.63, 3.8) is 0 Å². The van der Waals surface area contributed by atoms with Crippen molar-refractivity contribution in [3.05, 3.63) is 85.1 Å². The van der Waals surface area contributed by atoms with Crippen LogP contribution in [0, 0.1) is 0 Å². The second kappa shape index (κ2) is 37.4. The van der Waals surface area contributed by atoms with Gasteiger partial charge in [-0.15, -0.1) is 0 Å². The average molecular weight is 821 g/mol. The molecule has 0 aliphatic carbocycles. The monoisotopic (exact) mass is 821 g/mol.